The van der Waals surface area contributed by atoms with Gasteiger partial charge < -0.3 is 15.7 Å². The number of aromatic nitrogens is 1. The zero-order chi connectivity index (χ0) is 16.9. The lowest BCUT2D eigenvalue weighted by Crippen LogP contribution is -2.45. The van der Waals surface area contributed by atoms with Crippen LogP contribution in [0.15, 0.2) is 41.2 Å². The molecule has 2 rings (SSSR count). The molecule has 2 atom stereocenters. The van der Waals surface area contributed by atoms with Gasteiger partial charge in [-0.2, -0.15) is 11.3 Å². The average Bonchev–Trinajstić information content (AvgIpc) is 3.06. The molecule has 0 fully saturated rings. The molecule has 124 valence electrons. The number of hydrogen-bond donors (Lipinski definition) is 3. The number of thiophene rings is 1. The molecule has 0 saturated carbocycles. The number of carbonyl (C=O) groups is 1. The molecule has 2 amide bonds. The molecule has 0 aliphatic carbocycles. The highest BCUT2D eigenvalue weighted by Crippen LogP contribution is 2.22. The molecule has 0 unspecified atom stereocenters. The summed E-state index contributed by atoms with van der Waals surface area (Å²) in [7, 11) is 0. The van der Waals surface area contributed by atoms with Gasteiger partial charge in [-0.25, -0.2) is 4.79 Å². The summed E-state index contributed by atoms with van der Waals surface area (Å²) in [6, 6.07) is 7.01. The fourth-order valence-corrected chi connectivity index (χ4v) is 3.04. The van der Waals surface area contributed by atoms with Crippen LogP contribution >= 0.6 is 11.3 Å². The van der Waals surface area contributed by atoms with Crippen LogP contribution in [0.5, 0.6) is 0 Å². The number of nitrogens with one attached hydrogen (secondary N) is 2. The normalized spacial score (nSPS) is 15.0. The van der Waals surface area contributed by atoms with E-state index in [4.69, 9.17) is 0 Å². The standard InChI is InChI=1S/C17H23N3O2S/c1-12(2)15(14-6-4-5-8-18-14)20-16(21)19-11-17(3,22)13-7-9-23-10-13/h4-10,12,15,22H,11H2,1-3H3,(H2,19,20,21)/t15-,17+/m0/s1. The van der Waals surface area contributed by atoms with Crippen LogP contribution in [-0.2, 0) is 5.60 Å². The maximum atomic E-state index is 12.2. The minimum atomic E-state index is -1.09. The second-order valence-electron chi connectivity index (χ2n) is 6.09. The third-order valence-corrected chi connectivity index (χ3v) is 4.38. The molecular weight excluding hydrogens is 310 g/mol. The van der Waals surface area contributed by atoms with Gasteiger partial charge in [-0.1, -0.05) is 19.9 Å². The maximum absolute atomic E-state index is 12.2. The van der Waals surface area contributed by atoms with Crippen molar-refractivity contribution in [3.8, 4) is 0 Å². The molecule has 0 radical (unpaired) electrons. The molecule has 23 heavy (non-hydrogen) atoms. The SMILES string of the molecule is CC(C)[C@H](NC(=O)NC[C@@](C)(O)c1ccsc1)c1ccccn1. The van der Waals surface area contributed by atoms with Crippen molar-refractivity contribution in [2.45, 2.75) is 32.4 Å². The molecule has 3 N–H and O–H groups in total. The third-order valence-electron chi connectivity index (χ3n) is 3.70. The first kappa shape index (κ1) is 17.4. The quantitative estimate of drug-likeness (QED) is 0.760. The van der Waals surface area contributed by atoms with Crippen molar-refractivity contribution >= 4 is 17.4 Å². The highest BCUT2D eigenvalue weighted by Gasteiger charge is 2.25. The van der Waals surface area contributed by atoms with Gasteiger partial charge in [0.05, 0.1) is 18.3 Å². The van der Waals surface area contributed by atoms with Crippen molar-refractivity contribution in [3.05, 3.63) is 52.5 Å². The minimum absolute atomic E-state index is 0.141. The van der Waals surface area contributed by atoms with E-state index >= 15 is 0 Å². The van der Waals surface area contributed by atoms with E-state index in [0.717, 1.165) is 11.3 Å². The Kier molecular flexibility index (Phi) is 5.74. The van der Waals surface area contributed by atoms with E-state index in [1.807, 2.05) is 48.9 Å². The lowest BCUT2D eigenvalue weighted by molar-refractivity contribution is 0.0596. The van der Waals surface area contributed by atoms with Gasteiger partial charge in [0.15, 0.2) is 0 Å². The average molecular weight is 333 g/mol. The fourth-order valence-electron chi connectivity index (χ4n) is 2.26. The minimum Gasteiger partial charge on any atom is -0.384 e. The molecule has 0 aliphatic heterocycles. The zero-order valence-corrected chi connectivity index (χ0v) is 14.4. The lowest BCUT2D eigenvalue weighted by atomic mass is 9.99. The van der Waals surface area contributed by atoms with E-state index in [1.54, 1.807) is 13.1 Å². The third kappa shape index (κ3) is 4.77. The Labute approximate surface area is 140 Å². The zero-order valence-electron chi connectivity index (χ0n) is 13.6. The molecule has 0 spiro atoms. The molecule has 2 heterocycles. The summed E-state index contributed by atoms with van der Waals surface area (Å²) in [4.78, 5) is 16.5. The van der Waals surface area contributed by atoms with E-state index in [-0.39, 0.29) is 24.5 Å². The Balaban J connectivity index is 1.95. The van der Waals surface area contributed by atoms with Crippen molar-refractivity contribution in [1.29, 1.82) is 0 Å². The van der Waals surface area contributed by atoms with Crippen LogP contribution in [0.4, 0.5) is 4.79 Å². The summed E-state index contributed by atoms with van der Waals surface area (Å²) in [6.07, 6.45) is 1.71. The van der Waals surface area contributed by atoms with Gasteiger partial charge in [0.25, 0.3) is 0 Å². The highest BCUT2D eigenvalue weighted by atomic mass is 32.1. The first-order chi connectivity index (χ1) is 10.9. The van der Waals surface area contributed by atoms with Gasteiger partial charge in [-0.15, -0.1) is 0 Å². The van der Waals surface area contributed by atoms with Crippen molar-refractivity contribution in [2.24, 2.45) is 5.92 Å². The lowest BCUT2D eigenvalue weighted by Gasteiger charge is -2.25. The number of aliphatic hydroxyl groups is 1. The van der Waals surface area contributed by atoms with E-state index in [0.29, 0.717) is 0 Å². The number of amides is 2. The topological polar surface area (TPSA) is 74.2 Å². The van der Waals surface area contributed by atoms with Crippen LogP contribution in [0.1, 0.15) is 38.1 Å². The number of hydrogen-bond acceptors (Lipinski definition) is 4. The van der Waals surface area contributed by atoms with Gasteiger partial charge >= 0.3 is 6.03 Å². The molecule has 5 nitrogen and oxygen atoms in total. The maximum Gasteiger partial charge on any atom is 0.315 e. The van der Waals surface area contributed by atoms with Gasteiger partial charge in [-0.3, -0.25) is 4.98 Å². The predicted octanol–water partition coefficient (Wildman–Crippen LogP) is 3.05. The number of carbonyl (C=O) groups excluding carboxylic acids is 1. The highest BCUT2D eigenvalue weighted by molar-refractivity contribution is 7.08. The second-order valence-corrected chi connectivity index (χ2v) is 6.87. The molecule has 0 aliphatic rings. The molecule has 2 aromatic rings. The van der Waals surface area contributed by atoms with E-state index in [1.165, 1.54) is 11.3 Å². The van der Waals surface area contributed by atoms with Crippen molar-refractivity contribution in [2.75, 3.05) is 6.54 Å². The Morgan fingerprint density at radius 3 is 2.74 bits per heavy atom. The largest absolute Gasteiger partial charge is 0.384 e. The first-order valence-corrected chi connectivity index (χ1v) is 8.55. The Bertz CT molecular complexity index is 612. The van der Waals surface area contributed by atoms with Crippen molar-refractivity contribution in [3.63, 3.8) is 0 Å². The monoisotopic (exact) mass is 333 g/mol. The van der Waals surface area contributed by atoms with Crippen LogP contribution in [0.3, 0.4) is 0 Å². The van der Waals surface area contributed by atoms with E-state index in [2.05, 4.69) is 15.6 Å². The van der Waals surface area contributed by atoms with Crippen molar-refractivity contribution < 1.29 is 9.90 Å². The molecule has 6 heteroatoms. The summed E-state index contributed by atoms with van der Waals surface area (Å²) in [6.45, 7) is 5.89. The van der Waals surface area contributed by atoms with Gasteiger partial charge in [0, 0.05) is 6.20 Å². The van der Waals surface area contributed by atoms with Crippen LogP contribution in [0.25, 0.3) is 0 Å². The molecule has 0 aromatic carbocycles. The first-order valence-electron chi connectivity index (χ1n) is 7.60. The summed E-state index contributed by atoms with van der Waals surface area (Å²) in [5, 5.41) is 19.9. The molecule has 2 aromatic heterocycles. The predicted molar refractivity (Wildman–Crippen MR) is 92.2 cm³/mol. The van der Waals surface area contributed by atoms with Crippen LogP contribution in [-0.4, -0.2) is 22.7 Å². The van der Waals surface area contributed by atoms with Gasteiger partial charge in [0.1, 0.15) is 5.60 Å². The smallest absolute Gasteiger partial charge is 0.315 e. The number of urea groups is 1. The van der Waals surface area contributed by atoms with Crippen LogP contribution < -0.4 is 10.6 Å². The number of rotatable bonds is 6. The summed E-state index contributed by atoms with van der Waals surface area (Å²) in [5.74, 6) is 0.202. The fraction of sp³-hybridized carbons (Fsp3) is 0.412. The summed E-state index contributed by atoms with van der Waals surface area (Å²) in [5.41, 5.74) is 0.533. The van der Waals surface area contributed by atoms with Crippen molar-refractivity contribution in [1.82, 2.24) is 15.6 Å². The second kappa shape index (κ2) is 7.57. The van der Waals surface area contributed by atoms with Gasteiger partial charge in [0.2, 0.25) is 0 Å². The summed E-state index contributed by atoms with van der Waals surface area (Å²) >= 11 is 1.52. The van der Waals surface area contributed by atoms with Crippen LogP contribution in [0.2, 0.25) is 0 Å². The number of pyridine rings is 1. The Morgan fingerprint density at radius 2 is 2.17 bits per heavy atom. The summed E-state index contributed by atoms with van der Waals surface area (Å²) < 4.78 is 0. The van der Waals surface area contributed by atoms with E-state index in [9.17, 15) is 9.90 Å². The van der Waals surface area contributed by atoms with Gasteiger partial charge in [-0.05, 0) is 47.4 Å². The Hall–Kier alpha value is -1.92. The van der Waals surface area contributed by atoms with Crippen LogP contribution in [0, 0.1) is 5.92 Å². The number of nitrogens with zero attached hydrogens (tertiary/aromatic N) is 1. The molecule has 0 saturated heterocycles. The Morgan fingerprint density at radius 1 is 1.39 bits per heavy atom. The van der Waals surface area contributed by atoms with E-state index < -0.39 is 5.60 Å². The molecular formula is C17H23N3O2S. The molecule has 0 bridgehead atoms.